The minimum absolute atomic E-state index is 0.000196. The van der Waals surface area contributed by atoms with Crippen molar-refractivity contribution < 1.29 is 18.3 Å². The van der Waals surface area contributed by atoms with Crippen LogP contribution in [0.3, 0.4) is 0 Å². The van der Waals surface area contributed by atoms with E-state index >= 15 is 0 Å². The predicted octanol–water partition coefficient (Wildman–Crippen LogP) is 6.66. The van der Waals surface area contributed by atoms with Crippen molar-refractivity contribution in [3.63, 3.8) is 0 Å². The number of aromatic nitrogens is 3. The highest BCUT2D eigenvalue weighted by Crippen LogP contribution is 2.35. The smallest absolute Gasteiger partial charge is 0.307 e. The Morgan fingerprint density at radius 3 is 2.71 bits per heavy atom. The number of fused-ring (bicyclic) bond motifs is 1. The quantitative estimate of drug-likeness (QED) is 0.236. The number of nitrogens with zero attached hydrogens (tertiary/aromatic N) is 4. The number of nitrogens with one attached hydrogen (secondary N) is 1. The van der Waals surface area contributed by atoms with Gasteiger partial charge in [-0.25, -0.2) is 18.7 Å². The fourth-order valence-corrected chi connectivity index (χ4v) is 5.10. The summed E-state index contributed by atoms with van der Waals surface area (Å²) < 4.78 is 34.7. The number of rotatable bonds is 7. The first kappa shape index (κ1) is 27.1. The number of pyridine rings is 2. The second kappa shape index (κ2) is 13.0. The molecule has 0 atom stereocenters. The lowest BCUT2D eigenvalue weighted by Gasteiger charge is -2.10. The maximum atomic E-state index is 14.4. The number of hydrogen-bond acceptors (Lipinski definition) is 7. The highest BCUT2D eigenvalue weighted by atomic mass is 127. The summed E-state index contributed by atoms with van der Waals surface area (Å²) in [6.07, 6.45) is 8.74. The molecule has 0 saturated heterocycles. The minimum atomic E-state index is -0.731. The first-order valence-corrected chi connectivity index (χ1v) is 14.7. The van der Waals surface area contributed by atoms with Crippen molar-refractivity contribution >= 4 is 53.1 Å². The molecule has 4 rings (SSSR count). The Morgan fingerprint density at radius 2 is 2.11 bits per heavy atom. The molecule has 0 amide bonds. The van der Waals surface area contributed by atoms with Gasteiger partial charge in [-0.3, -0.25) is 8.77 Å². The summed E-state index contributed by atoms with van der Waals surface area (Å²) in [5.74, 6) is -0.757. The van der Waals surface area contributed by atoms with Crippen molar-refractivity contribution in [2.24, 2.45) is 5.92 Å². The van der Waals surface area contributed by atoms with E-state index < -0.39 is 17.6 Å². The van der Waals surface area contributed by atoms with Crippen molar-refractivity contribution in [3.05, 3.63) is 41.7 Å². The third kappa shape index (κ3) is 7.04. The summed E-state index contributed by atoms with van der Waals surface area (Å²) in [5.41, 5.74) is 1.13. The van der Waals surface area contributed by atoms with E-state index in [-0.39, 0.29) is 36.6 Å². The van der Waals surface area contributed by atoms with Crippen molar-refractivity contribution in [1.29, 1.82) is 5.26 Å². The fourth-order valence-electron chi connectivity index (χ4n) is 3.84. The van der Waals surface area contributed by atoms with Crippen molar-refractivity contribution in [1.82, 2.24) is 13.9 Å². The average Bonchev–Trinajstić information content (AvgIpc) is 3.46. The molecule has 3 aromatic heterocycles. The molecule has 186 valence electrons. The number of nitriles is 1. The Hall–Kier alpha value is -2.46. The van der Waals surface area contributed by atoms with Crippen LogP contribution in [0.2, 0.25) is 0 Å². The van der Waals surface area contributed by atoms with Gasteiger partial charge in [-0.05, 0) is 25.0 Å². The van der Waals surface area contributed by atoms with Crippen LogP contribution in [-0.4, -0.2) is 33.1 Å². The standard InChI is InChI=1S/C18H14F2IN5O2S.C6H12/c1-2-28-15(27)3-4-23-17-14(20)5-10(7-22)16(25-17)13-9-26(29-21)18-12(13)6-11(19)8-24-18;1-6-4-2-3-5-6/h5-6,8-9H,2-4H2,1H3,(H,23,25);6H,2-5H2,1H3. The molecule has 1 N–H and O–H groups in total. The third-order valence-electron chi connectivity index (χ3n) is 5.58. The van der Waals surface area contributed by atoms with Crippen molar-refractivity contribution in [2.75, 3.05) is 18.5 Å². The van der Waals surface area contributed by atoms with E-state index in [0.29, 0.717) is 16.6 Å². The summed E-state index contributed by atoms with van der Waals surface area (Å²) in [6, 6.07) is 4.27. The number of ether oxygens (including phenoxy) is 1. The fraction of sp³-hybridized carbons (Fsp3) is 0.417. The zero-order valence-corrected chi connectivity index (χ0v) is 22.5. The maximum absolute atomic E-state index is 14.4. The summed E-state index contributed by atoms with van der Waals surface area (Å²) in [6.45, 7) is 4.40. The normalized spacial score (nSPS) is 13.3. The van der Waals surface area contributed by atoms with Crippen LogP contribution in [0.4, 0.5) is 14.6 Å². The van der Waals surface area contributed by atoms with Crippen LogP contribution in [0.1, 0.15) is 51.5 Å². The average molecular weight is 613 g/mol. The Bertz CT molecular complexity index is 1220. The molecule has 1 aliphatic carbocycles. The number of esters is 1. The number of hydrogen-bond donors (Lipinski definition) is 1. The van der Waals surface area contributed by atoms with Crippen LogP contribution >= 0.6 is 30.3 Å². The Labute approximate surface area is 219 Å². The zero-order chi connectivity index (χ0) is 25.4. The monoisotopic (exact) mass is 613 g/mol. The van der Waals surface area contributed by atoms with Gasteiger partial charge in [0.15, 0.2) is 17.3 Å². The lowest BCUT2D eigenvalue weighted by molar-refractivity contribution is -0.142. The number of carbonyl (C=O) groups is 1. The maximum Gasteiger partial charge on any atom is 0.307 e. The molecular formula is C24H26F2IN5O2S. The molecule has 0 spiro atoms. The van der Waals surface area contributed by atoms with Gasteiger partial charge in [-0.15, -0.1) is 0 Å². The van der Waals surface area contributed by atoms with Crippen LogP contribution in [0.5, 0.6) is 0 Å². The second-order valence-corrected chi connectivity index (χ2v) is 9.87. The predicted molar refractivity (Wildman–Crippen MR) is 142 cm³/mol. The second-order valence-electron chi connectivity index (χ2n) is 8.16. The Kier molecular flexibility index (Phi) is 10.1. The van der Waals surface area contributed by atoms with Gasteiger partial charge in [0.2, 0.25) is 0 Å². The molecule has 3 aromatic rings. The van der Waals surface area contributed by atoms with Gasteiger partial charge in [-0.1, -0.05) is 32.6 Å². The van der Waals surface area contributed by atoms with E-state index in [0.717, 1.165) is 18.2 Å². The summed E-state index contributed by atoms with van der Waals surface area (Å²) in [5, 5.41) is 12.6. The zero-order valence-electron chi connectivity index (χ0n) is 19.5. The van der Waals surface area contributed by atoms with Crippen molar-refractivity contribution in [2.45, 2.75) is 46.0 Å². The molecule has 0 radical (unpaired) electrons. The topological polar surface area (TPSA) is 92.8 Å². The molecule has 1 aliphatic rings. The molecule has 0 aromatic carbocycles. The van der Waals surface area contributed by atoms with E-state index in [1.807, 2.05) is 27.3 Å². The van der Waals surface area contributed by atoms with Crippen LogP contribution in [-0.2, 0) is 9.53 Å². The molecule has 0 bridgehead atoms. The molecule has 11 heteroatoms. The van der Waals surface area contributed by atoms with E-state index in [2.05, 4.69) is 22.2 Å². The largest absolute Gasteiger partial charge is 0.466 e. The van der Waals surface area contributed by atoms with Crippen LogP contribution < -0.4 is 5.32 Å². The molecular weight excluding hydrogens is 587 g/mol. The number of carbonyl (C=O) groups excluding carboxylic acids is 1. The molecule has 7 nitrogen and oxygen atoms in total. The third-order valence-corrected chi connectivity index (χ3v) is 7.28. The van der Waals surface area contributed by atoms with Gasteiger partial charge >= 0.3 is 5.97 Å². The van der Waals surface area contributed by atoms with Crippen LogP contribution in [0.25, 0.3) is 22.3 Å². The number of halogens is 3. The van der Waals surface area contributed by atoms with E-state index in [1.165, 1.54) is 40.9 Å². The minimum Gasteiger partial charge on any atom is -0.466 e. The van der Waals surface area contributed by atoms with Crippen LogP contribution in [0.15, 0.2) is 24.5 Å². The first-order chi connectivity index (χ1) is 16.9. The Balaban J connectivity index is 0.000000497. The van der Waals surface area contributed by atoms with Gasteiger partial charge in [0.05, 0.1) is 30.5 Å². The van der Waals surface area contributed by atoms with E-state index in [9.17, 15) is 18.8 Å². The molecule has 1 saturated carbocycles. The van der Waals surface area contributed by atoms with Gasteiger partial charge in [-0.2, -0.15) is 5.26 Å². The molecule has 0 unspecified atom stereocenters. The van der Waals surface area contributed by atoms with E-state index in [1.54, 1.807) is 17.1 Å². The first-order valence-electron chi connectivity index (χ1n) is 11.3. The summed E-state index contributed by atoms with van der Waals surface area (Å²) in [7, 11) is 1.31. The van der Waals surface area contributed by atoms with Crippen molar-refractivity contribution in [3.8, 4) is 17.3 Å². The van der Waals surface area contributed by atoms with E-state index in [4.69, 9.17) is 4.74 Å². The highest BCUT2D eigenvalue weighted by molar-refractivity contribution is 14.2. The lowest BCUT2D eigenvalue weighted by atomic mass is 10.1. The Morgan fingerprint density at radius 1 is 1.37 bits per heavy atom. The summed E-state index contributed by atoms with van der Waals surface area (Å²) in [4.78, 5) is 19.8. The molecule has 1 fully saturated rings. The summed E-state index contributed by atoms with van der Waals surface area (Å²) >= 11 is 2.05. The van der Waals surface area contributed by atoms with Gasteiger partial charge in [0.1, 0.15) is 11.9 Å². The SMILES string of the molecule is CC1CCCC1.CCOC(=O)CCNc1nc(-c2cn(SI)c3ncc(F)cc23)c(C#N)cc1F. The molecule has 3 heterocycles. The van der Waals surface area contributed by atoms with Gasteiger partial charge in [0, 0.05) is 54.0 Å². The highest BCUT2D eigenvalue weighted by Gasteiger charge is 2.20. The molecule has 35 heavy (non-hydrogen) atoms. The van der Waals surface area contributed by atoms with Gasteiger partial charge < -0.3 is 10.1 Å². The number of anilines is 1. The molecule has 0 aliphatic heterocycles. The van der Waals surface area contributed by atoms with Crippen LogP contribution in [0, 0.1) is 28.9 Å². The van der Waals surface area contributed by atoms with Gasteiger partial charge in [0.25, 0.3) is 0 Å². The lowest BCUT2D eigenvalue weighted by Crippen LogP contribution is -2.13.